The lowest BCUT2D eigenvalue weighted by Crippen LogP contribution is -2.19. The van der Waals surface area contributed by atoms with Crippen LogP contribution in [0.25, 0.3) is 0 Å². The molecule has 0 saturated heterocycles. The Kier molecular flexibility index (Phi) is 5.62. The number of amides is 1. The van der Waals surface area contributed by atoms with Crippen LogP contribution in [0.1, 0.15) is 21.5 Å². The van der Waals surface area contributed by atoms with Crippen molar-refractivity contribution in [3.8, 4) is 5.75 Å². The molecule has 3 rings (SSSR count). The highest BCUT2D eigenvalue weighted by molar-refractivity contribution is 5.99. The van der Waals surface area contributed by atoms with Crippen LogP contribution in [-0.2, 0) is 6.61 Å². The van der Waals surface area contributed by atoms with E-state index in [0.717, 1.165) is 11.1 Å². The van der Waals surface area contributed by atoms with Gasteiger partial charge in [0.25, 0.3) is 5.91 Å². The van der Waals surface area contributed by atoms with Gasteiger partial charge in [-0.2, -0.15) is 5.10 Å². The first kappa shape index (κ1) is 17.2. The van der Waals surface area contributed by atoms with Gasteiger partial charge in [-0.3, -0.25) is 4.79 Å². The molecule has 1 amide bonds. The normalized spacial score (nSPS) is 10.6. The van der Waals surface area contributed by atoms with Crippen molar-refractivity contribution in [1.29, 1.82) is 0 Å². The largest absolute Gasteiger partial charge is 0.488 e. The Hall–Kier alpha value is -3.60. The van der Waals surface area contributed by atoms with Crippen molar-refractivity contribution in [1.82, 2.24) is 5.43 Å². The molecule has 0 fully saturated rings. The second kappa shape index (κ2) is 8.48. The van der Waals surface area contributed by atoms with Crippen LogP contribution >= 0.6 is 0 Å². The van der Waals surface area contributed by atoms with E-state index in [4.69, 9.17) is 10.5 Å². The third-order valence-corrected chi connectivity index (χ3v) is 3.73. The van der Waals surface area contributed by atoms with E-state index in [9.17, 15) is 4.79 Å². The Balaban J connectivity index is 1.65. The Morgan fingerprint density at radius 2 is 1.65 bits per heavy atom. The molecular weight excluding hydrogens is 326 g/mol. The maximum absolute atomic E-state index is 12.1. The van der Waals surface area contributed by atoms with Gasteiger partial charge < -0.3 is 10.5 Å². The van der Waals surface area contributed by atoms with Crippen LogP contribution < -0.4 is 15.9 Å². The smallest absolute Gasteiger partial charge is 0.273 e. The molecular formula is C21H19N3O2. The van der Waals surface area contributed by atoms with Gasteiger partial charge in [0.15, 0.2) is 0 Å². The number of hydrogen-bond donors (Lipinski definition) is 2. The van der Waals surface area contributed by atoms with Gasteiger partial charge >= 0.3 is 0 Å². The van der Waals surface area contributed by atoms with Crippen LogP contribution in [0.15, 0.2) is 84.0 Å². The molecule has 0 aliphatic heterocycles. The fourth-order valence-corrected chi connectivity index (χ4v) is 2.38. The van der Waals surface area contributed by atoms with Gasteiger partial charge in [0, 0.05) is 11.3 Å². The fourth-order valence-electron chi connectivity index (χ4n) is 2.38. The minimum absolute atomic E-state index is 0.359. The van der Waals surface area contributed by atoms with Gasteiger partial charge in [-0.05, 0) is 29.8 Å². The van der Waals surface area contributed by atoms with E-state index in [1.807, 2.05) is 54.6 Å². The minimum atomic E-state index is -0.359. The predicted octanol–water partition coefficient (Wildman–Crippen LogP) is 3.61. The molecule has 0 spiro atoms. The molecule has 0 saturated carbocycles. The van der Waals surface area contributed by atoms with Crippen LogP contribution in [-0.4, -0.2) is 12.1 Å². The number of hydrazone groups is 1. The summed E-state index contributed by atoms with van der Waals surface area (Å²) in [7, 11) is 0. The molecule has 0 atom stereocenters. The van der Waals surface area contributed by atoms with Gasteiger partial charge in [0.2, 0.25) is 0 Å². The molecule has 3 N–H and O–H groups in total. The summed E-state index contributed by atoms with van der Waals surface area (Å²) in [6, 6.07) is 24.3. The van der Waals surface area contributed by atoms with Gasteiger partial charge in [-0.25, -0.2) is 5.43 Å². The SMILES string of the molecule is Nc1ccccc1C(=O)N/N=C\c1ccccc1OCc1ccccc1. The van der Waals surface area contributed by atoms with E-state index in [1.54, 1.807) is 30.5 Å². The van der Waals surface area contributed by atoms with Gasteiger partial charge in [-0.1, -0.05) is 54.6 Å². The molecule has 3 aromatic rings. The minimum Gasteiger partial charge on any atom is -0.488 e. The van der Waals surface area contributed by atoms with Crippen molar-refractivity contribution >= 4 is 17.8 Å². The summed E-state index contributed by atoms with van der Waals surface area (Å²) in [4.78, 5) is 12.1. The number of benzene rings is 3. The number of carbonyl (C=O) groups excluding carboxylic acids is 1. The van der Waals surface area contributed by atoms with Crippen LogP contribution in [0.3, 0.4) is 0 Å². The zero-order valence-corrected chi connectivity index (χ0v) is 14.1. The number of hydrogen-bond acceptors (Lipinski definition) is 4. The lowest BCUT2D eigenvalue weighted by Gasteiger charge is -2.09. The Morgan fingerprint density at radius 3 is 2.46 bits per heavy atom. The van der Waals surface area contributed by atoms with Crippen molar-refractivity contribution in [2.24, 2.45) is 5.10 Å². The summed E-state index contributed by atoms with van der Waals surface area (Å²) >= 11 is 0. The second-order valence-corrected chi connectivity index (χ2v) is 5.60. The first-order valence-corrected chi connectivity index (χ1v) is 8.18. The first-order valence-electron chi connectivity index (χ1n) is 8.18. The van der Waals surface area contributed by atoms with Crippen molar-refractivity contribution in [3.05, 3.63) is 95.6 Å². The molecule has 0 bridgehead atoms. The van der Waals surface area contributed by atoms with Gasteiger partial charge in [-0.15, -0.1) is 0 Å². The number of anilines is 1. The molecule has 0 aromatic heterocycles. The fraction of sp³-hybridized carbons (Fsp3) is 0.0476. The number of nitrogens with two attached hydrogens (primary N) is 1. The number of nitrogen functional groups attached to an aromatic ring is 1. The van der Waals surface area contributed by atoms with Crippen molar-refractivity contribution < 1.29 is 9.53 Å². The van der Waals surface area contributed by atoms with Crippen molar-refractivity contribution in [2.75, 3.05) is 5.73 Å². The first-order chi connectivity index (χ1) is 12.7. The summed E-state index contributed by atoms with van der Waals surface area (Å²) in [6.07, 6.45) is 1.55. The quantitative estimate of drug-likeness (QED) is 0.407. The van der Waals surface area contributed by atoms with E-state index >= 15 is 0 Å². The molecule has 3 aromatic carbocycles. The highest BCUT2D eigenvalue weighted by atomic mass is 16.5. The average molecular weight is 345 g/mol. The van der Waals surface area contributed by atoms with E-state index in [-0.39, 0.29) is 5.91 Å². The zero-order valence-electron chi connectivity index (χ0n) is 14.1. The number of nitrogens with one attached hydrogen (secondary N) is 1. The summed E-state index contributed by atoms with van der Waals surface area (Å²) in [5.74, 6) is 0.329. The molecule has 26 heavy (non-hydrogen) atoms. The number of nitrogens with zero attached hydrogens (tertiary/aromatic N) is 1. The maximum atomic E-state index is 12.1. The molecule has 0 heterocycles. The van der Waals surface area contributed by atoms with E-state index in [0.29, 0.717) is 23.6 Å². The van der Waals surface area contributed by atoms with Crippen LogP contribution in [0.5, 0.6) is 5.75 Å². The lowest BCUT2D eigenvalue weighted by molar-refractivity contribution is 0.0956. The molecule has 5 heteroatoms. The molecule has 0 aliphatic rings. The number of rotatable bonds is 6. The Morgan fingerprint density at radius 1 is 0.962 bits per heavy atom. The summed E-state index contributed by atoms with van der Waals surface area (Å²) in [5, 5.41) is 4.01. The zero-order chi connectivity index (χ0) is 18.2. The topological polar surface area (TPSA) is 76.7 Å². The maximum Gasteiger partial charge on any atom is 0.273 e. The third kappa shape index (κ3) is 4.48. The van der Waals surface area contributed by atoms with Crippen LogP contribution in [0, 0.1) is 0 Å². The predicted molar refractivity (Wildman–Crippen MR) is 103 cm³/mol. The highest BCUT2D eigenvalue weighted by Crippen LogP contribution is 2.17. The van der Waals surface area contributed by atoms with Crippen LogP contribution in [0.4, 0.5) is 5.69 Å². The number of carbonyl (C=O) groups is 1. The Bertz CT molecular complexity index is 908. The second-order valence-electron chi connectivity index (χ2n) is 5.60. The van der Waals surface area contributed by atoms with Crippen LogP contribution in [0.2, 0.25) is 0 Å². The summed E-state index contributed by atoms with van der Waals surface area (Å²) in [6.45, 7) is 0.457. The molecule has 5 nitrogen and oxygen atoms in total. The average Bonchev–Trinajstić information content (AvgIpc) is 2.68. The van der Waals surface area contributed by atoms with Crippen molar-refractivity contribution in [2.45, 2.75) is 6.61 Å². The summed E-state index contributed by atoms with van der Waals surface area (Å²) < 4.78 is 5.86. The van der Waals surface area contributed by atoms with E-state index < -0.39 is 0 Å². The molecule has 130 valence electrons. The third-order valence-electron chi connectivity index (χ3n) is 3.73. The molecule has 0 unspecified atom stereocenters. The Labute approximate surface area is 152 Å². The van der Waals surface area contributed by atoms with Gasteiger partial charge in [0.05, 0.1) is 11.8 Å². The van der Waals surface area contributed by atoms with E-state index in [2.05, 4.69) is 10.5 Å². The monoisotopic (exact) mass is 345 g/mol. The molecule has 0 aliphatic carbocycles. The van der Waals surface area contributed by atoms with Gasteiger partial charge in [0.1, 0.15) is 12.4 Å². The standard InChI is InChI=1S/C21H19N3O2/c22-19-12-6-5-11-18(19)21(25)24-23-14-17-10-4-7-13-20(17)26-15-16-8-2-1-3-9-16/h1-14H,15,22H2,(H,24,25)/b23-14-. The van der Waals surface area contributed by atoms with E-state index in [1.165, 1.54) is 0 Å². The number of ether oxygens (including phenoxy) is 1. The molecule has 0 radical (unpaired) electrons. The lowest BCUT2D eigenvalue weighted by atomic mass is 10.2. The number of para-hydroxylation sites is 2. The summed E-state index contributed by atoms with van der Waals surface area (Å²) in [5.41, 5.74) is 10.9. The highest BCUT2D eigenvalue weighted by Gasteiger charge is 2.07. The van der Waals surface area contributed by atoms with Crippen molar-refractivity contribution in [3.63, 3.8) is 0 Å².